The number of benzene rings is 1. The van der Waals surface area contributed by atoms with Crippen LogP contribution in [0.15, 0.2) is 17.0 Å². The maximum absolute atomic E-state index is 13.3. The lowest BCUT2D eigenvalue weighted by Crippen LogP contribution is -2.38. The Balaban J connectivity index is 2.51. The summed E-state index contributed by atoms with van der Waals surface area (Å²) in [6.45, 7) is 3.41. The summed E-state index contributed by atoms with van der Waals surface area (Å²) in [5, 5.41) is 9.26. The fourth-order valence-electron chi connectivity index (χ4n) is 2.73. The molecule has 1 fully saturated rings. The predicted octanol–water partition coefficient (Wildman–Crippen LogP) is 1.59. The molecule has 19 heavy (non-hydrogen) atoms. The van der Waals surface area contributed by atoms with Crippen LogP contribution in [0, 0.1) is 19.7 Å². The Morgan fingerprint density at radius 1 is 1.37 bits per heavy atom. The van der Waals surface area contributed by atoms with Gasteiger partial charge < -0.3 is 5.11 Å². The molecule has 0 saturated carbocycles. The molecule has 0 aliphatic carbocycles. The van der Waals surface area contributed by atoms with Crippen molar-refractivity contribution >= 4 is 10.0 Å². The van der Waals surface area contributed by atoms with E-state index in [1.807, 2.05) is 0 Å². The van der Waals surface area contributed by atoms with E-state index in [2.05, 4.69) is 0 Å². The fraction of sp³-hybridized carbons (Fsp3) is 0.538. The lowest BCUT2D eigenvalue weighted by atomic mass is 10.1. The molecule has 0 bridgehead atoms. The van der Waals surface area contributed by atoms with Crippen LogP contribution < -0.4 is 0 Å². The Morgan fingerprint density at radius 3 is 2.47 bits per heavy atom. The number of nitrogens with zero attached hydrogens (tertiary/aromatic N) is 1. The molecule has 4 nitrogen and oxygen atoms in total. The lowest BCUT2D eigenvalue weighted by Gasteiger charge is -2.24. The van der Waals surface area contributed by atoms with E-state index in [1.54, 1.807) is 13.8 Å². The van der Waals surface area contributed by atoms with Gasteiger partial charge in [0.1, 0.15) is 5.82 Å². The zero-order valence-electron chi connectivity index (χ0n) is 11.1. The van der Waals surface area contributed by atoms with Gasteiger partial charge in [0.2, 0.25) is 10.0 Å². The number of halogens is 1. The highest BCUT2D eigenvalue weighted by Crippen LogP contribution is 2.30. The molecule has 0 amide bonds. The molecule has 2 rings (SSSR count). The third-order valence-electron chi connectivity index (χ3n) is 3.53. The van der Waals surface area contributed by atoms with Gasteiger partial charge in [-0.3, -0.25) is 0 Å². The topological polar surface area (TPSA) is 57.6 Å². The SMILES string of the molecule is Cc1cc(F)cc(C)c1S(=O)(=O)N1CCC[C@@H]1CO. The van der Waals surface area contributed by atoms with Gasteiger partial charge in [0.05, 0.1) is 11.5 Å². The van der Waals surface area contributed by atoms with Crippen LogP contribution >= 0.6 is 0 Å². The first-order chi connectivity index (χ1) is 8.87. The second kappa shape index (κ2) is 5.19. The average molecular weight is 287 g/mol. The van der Waals surface area contributed by atoms with Crippen LogP contribution in [-0.2, 0) is 10.0 Å². The first-order valence-electron chi connectivity index (χ1n) is 6.27. The van der Waals surface area contributed by atoms with Crippen molar-refractivity contribution in [1.29, 1.82) is 0 Å². The van der Waals surface area contributed by atoms with Crippen LogP contribution in [0.5, 0.6) is 0 Å². The number of hydrogen-bond acceptors (Lipinski definition) is 3. The molecule has 1 atom stereocenters. The number of aliphatic hydroxyl groups excluding tert-OH is 1. The van der Waals surface area contributed by atoms with Crippen LogP contribution in [0.1, 0.15) is 24.0 Å². The Bertz CT molecular complexity index is 563. The molecule has 0 unspecified atom stereocenters. The fourth-order valence-corrected chi connectivity index (χ4v) is 4.83. The Morgan fingerprint density at radius 2 is 1.95 bits per heavy atom. The van der Waals surface area contributed by atoms with Crippen LogP contribution in [0.2, 0.25) is 0 Å². The summed E-state index contributed by atoms with van der Waals surface area (Å²) < 4.78 is 39.9. The molecule has 1 heterocycles. The summed E-state index contributed by atoms with van der Waals surface area (Å²) in [7, 11) is -3.67. The van der Waals surface area contributed by atoms with Crippen LogP contribution in [0.25, 0.3) is 0 Å². The third kappa shape index (κ3) is 2.52. The maximum atomic E-state index is 13.3. The molecule has 1 aliphatic heterocycles. The number of aryl methyl sites for hydroxylation is 2. The average Bonchev–Trinajstić information content (AvgIpc) is 2.75. The molecule has 6 heteroatoms. The van der Waals surface area contributed by atoms with E-state index >= 15 is 0 Å². The van der Waals surface area contributed by atoms with Gasteiger partial charge in [-0.2, -0.15) is 4.31 Å². The lowest BCUT2D eigenvalue weighted by molar-refractivity contribution is 0.213. The first kappa shape index (κ1) is 14.4. The van der Waals surface area contributed by atoms with Gasteiger partial charge in [0, 0.05) is 12.6 Å². The van der Waals surface area contributed by atoms with E-state index in [0.717, 1.165) is 6.42 Å². The van der Waals surface area contributed by atoms with E-state index in [9.17, 15) is 17.9 Å². The molecule has 1 aromatic rings. The molecular weight excluding hydrogens is 269 g/mol. The standard InChI is InChI=1S/C13H18FNO3S/c1-9-6-11(14)7-10(2)13(9)19(17,18)15-5-3-4-12(15)8-16/h6-7,12,16H,3-5,8H2,1-2H3/t12-/m1/s1. The van der Waals surface area contributed by atoms with E-state index in [4.69, 9.17) is 0 Å². The molecule has 1 aromatic carbocycles. The van der Waals surface area contributed by atoms with E-state index in [1.165, 1.54) is 16.4 Å². The van der Waals surface area contributed by atoms with E-state index in [0.29, 0.717) is 24.1 Å². The van der Waals surface area contributed by atoms with Gasteiger partial charge in [0.25, 0.3) is 0 Å². The normalized spacial score (nSPS) is 20.9. The minimum Gasteiger partial charge on any atom is -0.395 e. The van der Waals surface area contributed by atoms with Crippen molar-refractivity contribution in [3.05, 3.63) is 29.1 Å². The highest BCUT2D eigenvalue weighted by molar-refractivity contribution is 7.89. The van der Waals surface area contributed by atoms with Crippen molar-refractivity contribution in [2.45, 2.75) is 37.6 Å². The molecule has 1 N–H and O–H groups in total. The summed E-state index contributed by atoms with van der Waals surface area (Å²) in [6, 6.07) is 2.09. The van der Waals surface area contributed by atoms with Gasteiger partial charge in [0.15, 0.2) is 0 Å². The Hall–Kier alpha value is -0.980. The van der Waals surface area contributed by atoms with Crippen molar-refractivity contribution in [2.75, 3.05) is 13.2 Å². The number of rotatable bonds is 3. The van der Waals surface area contributed by atoms with E-state index < -0.39 is 15.8 Å². The van der Waals surface area contributed by atoms with Crippen LogP contribution in [-0.4, -0.2) is 37.0 Å². The minimum absolute atomic E-state index is 0.161. The Labute approximate surface area is 112 Å². The summed E-state index contributed by atoms with van der Waals surface area (Å²) in [5.41, 5.74) is 0.808. The summed E-state index contributed by atoms with van der Waals surface area (Å²) in [4.78, 5) is 0.161. The molecule has 1 saturated heterocycles. The smallest absolute Gasteiger partial charge is 0.243 e. The first-order valence-corrected chi connectivity index (χ1v) is 7.71. The molecule has 0 aromatic heterocycles. The van der Waals surface area contributed by atoms with Crippen molar-refractivity contribution in [3.63, 3.8) is 0 Å². The quantitative estimate of drug-likeness (QED) is 0.918. The monoisotopic (exact) mass is 287 g/mol. The predicted molar refractivity (Wildman–Crippen MR) is 69.9 cm³/mol. The van der Waals surface area contributed by atoms with Crippen LogP contribution in [0.3, 0.4) is 0 Å². The van der Waals surface area contributed by atoms with Crippen LogP contribution in [0.4, 0.5) is 4.39 Å². The zero-order valence-corrected chi connectivity index (χ0v) is 11.9. The van der Waals surface area contributed by atoms with Gasteiger partial charge in [-0.1, -0.05) is 0 Å². The summed E-state index contributed by atoms with van der Waals surface area (Å²) in [5.74, 6) is -0.436. The zero-order chi connectivity index (χ0) is 14.2. The maximum Gasteiger partial charge on any atom is 0.243 e. The Kier molecular flexibility index (Phi) is 3.94. The summed E-state index contributed by atoms with van der Waals surface area (Å²) >= 11 is 0. The van der Waals surface area contributed by atoms with Gasteiger partial charge in [-0.15, -0.1) is 0 Å². The summed E-state index contributed by atoms with van der Waals surface area (Å²) in [6.07, 6.45) is 1.40. The van der Waals surface area contributed by atoms with Crippen molar-refractivity contribution in [1.82, 2.24) is 4.31 Å². The highest BCUT2D eigenvalue weighted by atomic mass is 32.2. The van der Waals surface area contributed by atoms with E-state index in [-0.39, 0.29) is 17.5 Å². The molecule has 106 valence electrons. The van der Waals surface area contributed by atoms with Gasteiger partial charge in [-0.05, 0) is 49.9 Å². The highest BCUT2D eigenvalue weighted by Gasteiger charge is 2.36. The van der Waals surface area contributed by atoms with Crippen molar-refractivity contribution in [3.8, 4) is 0 Å². The molecular formula is C13H18FNO3S. The number of aliphatic hydroxyl groups is 1. The van der Waals surface area contributed by atoms with Gasteiger partial charge >= 0.3 is 0 Å². The van der Waals surface area contributed by atoms with Gasteiger partial charge in [-0.25, -0.2) is 12.8 Å². The molecule has 0 radical (unpaired) electrons. The third-order valence-corrected chi connectivity index (χ3v) is 5.78. The minimum atomic E-state index is -3.67. The largest absolute Gasteiger partial charge is 0.395 e. The number of hydrogen-bond donors (Lipinski definition) is 1. The molecule has 0 spiro atoms. The van der Waals surface area contributed by atoms with Crippen molar-refractivity contribution in [2.24, 2.45) is 0 Å². The molecule has 1 aliphatic rings. The number of sulfonamides is 1. The second-order valence-electron chi connectivity index (χ2n) is 4.96. The second-order valence-corrected chi connectivity index (χ2v) is 6.79. The van der Waals surface area contributed by atoms with Crippen molar-refractivity contribution < 1.29 is 17.9 Å².